The number of carbonyl (C=O) groups excluding carboxylic acids is 1. The van der Waals surface area contributed by atoms with Gasteiger partial charge in [-0.15, -0.1) is 11.3 Å². The van der Waals surface area contributed by atoms with Gasteiger partial charge < -0.3 is 10.0 Å². The molecule has 0 unspecified atom stereocenters. The smallest absolute Gasteiger partial charge is 0.253 e. The fourth-order valence-corrected chi connectivity index (χ4v) is 2.34. The molecule has 0 aliphatic heterocycles. The van der Waals surface area contributed by atoms with Crippen LogP contribution in [-0.4, -0.2) is 35.0 Å². The zero-order valence-electron chi connectivity index (χ0n) is 10.3. The summed E-state index contributed by atoms with van der Waals surface area (Å²) in [6, 6.07) is 7.32. The highest BCUT2D eigenvalue weighted by Crippen LogP contribution is 2.24. The minimum Gasteiger partial charge on any atom is -0.390 e. The second-order valence-electron chi connectivity index (χ2n) is 4.08. The number of aliphatic hydroxyl groups is 1. The number of hydrogen-bond acceptors (Lipinski definition) is 4. The van der Waals surface area contributed by atoms with E-state index in [1.54, 1.807) is 31.1 Å². The number of rotatable bonds is 3. The van der Waals surface area contributed by atoms with Gasteiger partial charge in [-0.3, -0.25) is 4.79 Å². The normalized spacial score (nSPS) is 10.4. The lowest BCUT2D eigenvalue weighted by atomic mass is 10.1. The third-order valence-corrected chi connectivity index (χ3v) is 3.44. The Hall–Kier alpha value is -1.72. The van der Waals surface area contributed by atoms with Gasteiger partial charge in [-0.05, 0) is 12.1 Å². The van der Waals surface area contributed by atoms with Crippen LogP contribution in [0.1, 0.15) is 16.1 Å². The quantitative estimate of drug-likeness (QED) is 0.920. The summed E-state index contributed by atoms with van der Waals surface area (Å²) in [4.78, 5) is 17.5. The van der Waals surface area contributed by atoms with E-state index in [0.717, 1.165) is 10.6 Å². The van der Waals surface area contributed by atoms with Gasteiger partial charge >= 0.3 is 0 Å². The summed E-state index contributed by atoms with van der Waals surface area (Å²) in [7, 11) is 3.45. The van der Waals surface area contributed by atoms with Gasteiger partial charge in [0.15, 0.2) is 0 Å². The van der Waals surface area contributed by atoms with E-state index in [2.05, 4.69) is 4.98 Å². The van der Waals surface area contributed by atoms with E-state index in [9.17, 15) is 4.79 Å². The number of aromatic nitrogens is 1. The van der Waals surface area contributed by atoms with Crippen LogP contribution in [0.4, 0.5) is 0 Å². The highest BCUT2D eigenvalue weighted by Gasteiger charge is 2.09. The maximum atomic E-state index is 11.7. The molecule has 0 aliphatic rings. The minimum absolute atomic E-state index is 0.0169. The van der Waals surface area contributed by atoms with Gasteiger partial charge in [-0.1, -0.05) is 12.1 Å². The average Bonchev–Trinajstić information content (AvgIpc) is 2.86. The third-order valence-electron chi connectivity index (χ3n) is 2.50. The van der Waals surface area contributed by atoms with E-state index in [1.165, 1.54) is 11.3 Å². The molecule has 0 saturated heterocycles. The lowest BCUT2D eigenvalue weighted by Crippen LogP contribution is -2.21. The van der Waals surface area contributed by atoms with Crippen molar-refractivity contribution in [3.8, 4) is 10.6 Å². The minimum atomic E-state index is -0.0479. The largest absolute Gasteiger partial charge is 0.390 e. The molecular weight excluding hydrogens is 248 g/mol. The van der Waals surface area contributed by atoms with Gasteiger partial charge in [0.1, 0.15) is 5.01 Å². The van der Waals surface area contributed by atoms with Crippen molar-refractivity contribution in [3.05, 3.63) is 40.9 Å². The zero-order valence-corrected chi connectivity index (χ0v) is 11.1. The lowest BCUT2D eigenvalue weighted by Gasteiger charge is -2.10. The van der Waals surface area contributed by atoms with Crippen molar-refractivity contribution < 1.29 is 9.90 Å². The van der Waals surface area contributed by atoms with Gasteiger partial charge in [-0.25, -0.2) is 4.98 Å². The van der Waals surface area contributed by atoms with Crippen molar-refractivity contribution in [3.63, 3.8) is 0 Å². The molecule has 0 atom stereocenters. The average molecular weight is 262 g/mol. The number of carbonyl (C=O) groups is 1. The Morgan fingerprint density at radius 2 is 2.00 bits per heavy atom. The highest BCUT2D eigenvalue weighted by molar-refractivity contribution is 7.13. The molecule has 94 valence electrons. The van der Waals surface area contributed by atoms with Crippen LogP contribution < -0.4 is 0 Å². The predicted octanol–water partition coefficient (Wildman–Crippen LogP) is 2.00. The van der Waals surface area contributed by atoms with Crippen LogP contribution in [0.5, 0.6) is 0 Å². The fraction of sp³-hybridized carbons (Fsp3) is 0.231. The summed E-state index contributed by atoms with van der Waals surface area (Å²) in [6.45, 7) is -0.0479. The van der Waals surface area contributed by atoms with E-state index >= 15 is 0 Å². The van der Waals surface area contributed by atoms with E-state index in [4.69, 9.17) is 5.11 Å². The number of amides is 1. The standard InChI is InChI=1S/C13H14N2O2S/c1-15(2)13(17)10-5-3-9(4-6-10)12-14-11(7-16)8-18-12/h3-6,8,16H,7H2,1-2H3. The van der Waals surface area contributed by atoms with Gasteiger partial charge in [0.05, 0.1) is 12.3 Å². The topological polar surface area (TPSA) is 53.4 Å². The second kappa shape index (κ2) is 5.29. The molecule has 0 bridgehead atoms. The molecule has 2 rings (SSSR count). The second-order valence-corrected chi connectivity index (χ2v) is 4.94. The van der Waals surface area contributed by atoms with E-state index < -0.39 is 0 Å². The molecule has 0 radical (unpaired) electrons. The number of benzene rings is 1. The van der Waals surface area contributed by atoms with Gasteiger partial charge in [0.25, 0.3) is 5.91 Å². The maximum absolute atomic E-state index is 11.7. The van der Waals surface area contributed by atoms with Crippen LogP contribution in [0.2, 0.25) is 0 Å². The van der Waals surface area contributed by atoms with Gasteiger partial charge in [-0.2, -0.15) is 0 Å². The lowest BCUT2D eigenvalue weighted by molar-refractivity contribution is 0.0827. The highest BCUT2D eigenvalue weighted by atomic mass is 32.1. The Morgan fingerprint density at radius 1 is 1.33 bits per heavy atom. The number of aliphatic hydroxyl groups excluding tert-OH is 1. The van der Waals surface area contributed by atoms with Crippen LogP contribution >= 0.6 is 11.3 Å². The van der Waals surface area contributed by atoms with Crippen molar-refractivity contribution in [2.45, 2.75) is 6.61 Å². The maximum Gasteiger partial charge on any atom is 0.253 e. The molecule has 0 aliphatic carbocycles. The molecule has 1 aromatic carbocycles. The molecule has 5 heteroatoms. The molecule has 1 heterocycles. The molecule has 0 fully saturated rings. The van der Waals surface area contributed by atoms with Gasteiger partial charge in [0.2, 0.25) is 0 Å². The molecule has 1 amide bonds. The molecule has 0 spiro atoms. The van der Waals surface area contributed by atoms with E-state index in [0.29, 0.717) is 11.3 Å². The first kappa shape index (κ1) is 12.7. The summed E-state index contributed by atoms with van der Waals surface area (Å²) in [5.74, 6) is -0.0169. The Kier molecular flexibility index (Phi) is 3.74. The van der Waals surface area contributed by atoms with Crippen LogP contribution in [-0.2, 0) is 6.61 Å². The summed E-state index contributed by atoms with van der Waals surface area (Å²) in [5.41, 5.74) is 2.28. The van der Waals surface area contributed by atoms with Crippen molar-refractivity contribution in [1.29, 1.82) is 0 Å². The molecule has 0 saturated carbocycles. The van der Waals surface area contributed by atoms with Gasteiger partial charge in [0, 0.05) is 30.6 Å². The summed E-state index contributed by atoms with van der Waals surface area (Å²) in [5, 5.41) is 11.6. The van der Waals surface area contributed by atoms with Crippen molar-refractivity contribution >= 4 is 17.2 Å². The van der Waals surface area contributed by atoms with Crippen LogP contribution in [0, 0.1) is 0 Å². The Labute approximate surface area is 110 Å². The Morgan fingerprint density at radius 3 is 2.50 bits per heavy atom. The molecule has 2 aromatic rings. The molecule has 1 N–H and O–H groups in total. The summed E-state index contributed by atoms with van der Waals surface area (Å²) >= 11 is 1.48. The summed E-state index contributed by atoms with van der Waals surface area (Å²) in [6.07, 6.45) is 0. The SMILES string of the molecule is CN(C)C(=O)c1ccc(-c2nc(CO)cs2)cc1. The monoisotopic (exact) mass is 262 g/mol. The van der Waals surface area contributed by atoms with Crippen molar-refractivity contribution in [2.24, 2.45) is 0 Å². The van der Waals surface area contributed by atoms with Crippen LogP contribution in [0.25, 0.3) is 10.6 Å². The molecule has 18 heavy (non-hydrogen) atoms. The molecular formula is C13H14N2O2S. The number of nitrogens with zero attached hydrogens (tertiary/aromatic N) is 2. The molecule has 4 nitrogen and oxygen atoms in total. The predicted molar refractivity (Wildman–Crippen MR) is 71.5 cm³/mol. The van der Waals surface area contributed by atoms with E-state index in [1.807, 2.05) is 17.5 Å². The van der Waals surface area contributed by atoms with E-state index in [-0.39, 0.29) is 12.5 Å². The van der Waals surface area contributed by atoms with Crippen molar-refractivity contribution in [1.82, 2.24) is 9.88 Å². The number of hydrogen-bond donors (Lipinski definition) is 1. The fourth-order valence-electron chi connectivity index (χ4n) is 1.53. The Balaban J connectivity index is 2.24. The number of thiazole rings is 1. The van der Waals surface area contributed by atoms with Crippen LogP contribution in [0.15, 0.2) is 29.6 Å². The van der Waals surface area contributed by atoms with Crippen molar-refractivity contribution in [2.75, 3.05) is 14.1 Å². The summed E-state index contributed by atoms with van der Waals surface area (Å²) < 4.78 is 0. The molecule has 1 aromatic heterocycles. The van der Waals surface area contributed by atoms with Crippen LogP contribution in [0.3, 0.4) is 0 Å². The Bertz CT molecular complexity index is 546. The third kappa shape index (κ3) is 2.57. The first-order valence-electron chi connectivity index (χ1n) is 5.49. The first-order valence-corrected chi connectivity index (χ1v) is 6.37. The zero-order chi connectivity index (χ0) is 13.1. The first-order chi connectivity index (χ1) is 8.61.